The number of rotatable bonds is 7. The molecular formula is C21H19NO2S. The van der Waals surface area contributed by atoms with Crippen LogP contribution in [0.2, 0.25) is 0 Å². The van der Waals surface area contributed by atoms with E-state index < -0.39 is 0 Å². The van der Waals surface area contributed by atoms with Crippen molar-refractivity contribution in [2.24, 2.45) is 0 Å². The molecule has 3 nitrogen and oxygen atoms in total. The van der Waals surface area contributed by atoms with E-state index in [1.54, 1.807) is 11.8 Å². The van der Waals surface area contributed by atoms with Crippen LogP contribution in [0.1, 0.15) is 5.56 Å². The molecular weight excluding hydrogens is 330 g/mol. The molecule has 4 heteroatoms. The fourth-order valence-electron chi connectivity index (χ4n) is 2.24. The van der Waals surface area contributed by atoms with Gasteiger partial charge in [-0.05, 0) is 42.0 Å². The minimum atomic E-state index is -0.173. The van der Waals surface area contributed by atoms with Crippen LogP contribution in [0.5, 0.6) is 5.75 Å². The summed E-state index contributed by atoms with van der Waals surface area (Å²) in [4.78, 5) is 13.1. The molecule has 126 valence electrons. The topological polar surface area (TPSA) is 38.3 Å². The summed E-state index contributed by atoms with van der Waals surface area (Å²) in [6, 6.07) is 27.5. The third kappa shape index (κ3) is 5.69. The van der Waals surface area contributed by atoms with E-state index in [0.717, 1.165) is 11.4 Å². The largest absolute Gasteiger partial charge is 0.484 e. The van der Waals surface area contributed by atoms with Crippen molar-refractivity contribution in [3.05, 3.63) is 90.5 Å². The second kappa shape index (κ2) is 8.94. The summed E-state index contributed by atoms with van der Waals surface area (Å²) < 4.78 is 5.44. The zero-order valence-corrected chi connectivity index (χ0v) is 14.5. The van der Waals surface area contributed by atoms with Gasteiger partial charge in [-0.1, -0.05) is 48.5 Å². The number of nitrogens with one attached hydrogen (secondary N) is 1. The maximum atomic E-state index is 11.9. The predicted molar refractivity (Wildman–Crippen MR) is 103 cm³/mol. The van der Waals surface area contributed by atoms with Crippen molar-refractivity contribution in [2.75, 3.05) is 11.9 Å². The summed E-state index contributed by atoms with van der Waals surface area (Å²) in [6.07, 6.45) is 0. The summed E-state index contributed by atoms with van der Waals surface area (Å²) in [6.45, 7) is -0.00543. The summed E-state index contributed by atoms with van der Waals surface area (Å²) in [7, 11) is 0. The van der Waals surface area contributed by atoms with Crippen LogP contribution in [-0.2, 0) is 10.5 Å². The molecule has 3 rings (SSSR count). The van der Waals surface area contributed by atoms with Crippen molar-refractivity contribution in [3.8, 4) is 5.75 Å². The zero-order valence-electron chi connectivity index (χ0n) is 13.7. The number of thioether (sulfide) groups is 1. The van der Waals surface area contributed by atoms with Gasteiger partial charge in [0.05, 0.1) is 0 Å². The summed E-state index contributed by atoms with van der Waals surface area (Å²) in [5, 5.41) is 2.84. The molecule has 1 N–H and O–H groups in total. The number of hydrogen-bond acceptors (Lipinski definition) is 3. The second-order valence-corrected chi connectivity index (χ2v) is 6.50. The number of carbonyl (C=O) groups is 1. The van der Waals surface area contributed by atoms with Gasteiger partial charge in [0.1, 0.15) is 5.75 Å². The monoisotopic (exact) mass is 349 g/mol. The molecule has 0 fully saturated rings. The first-order valence-corrected chi connectivity index (χ1v) is 9.03. The lowest BCUT2D eigenvalue weighted by Gasteiger charge is -2.08. The first kappa shape index (κ1) is 17.1. The first-order chi connectivity index (χ1) is 12.3. The molecule has 0 aliphatic rings. The van der Waals surface area contributed by atoms with Crippen molar-refractivity contribution in [1.82, 2.24) is 0 Å². The molecule has 0 unspecified atom stereocenters. The van der Waals surface area contributed by atoms with E-state index >= 15 is 0 Å². The number of anilines is 1. The molecule has 25 heavy (non-hydrogen) atoms. The highest BCUT2D eigenvalue weighted by atomic mass is 32.2. The molecule has 0 saturated carbocycles. The predicted octanol–water partition coefficient (Wildman–Crippen LogP) is 5.00. The average Bonchev–Trinajstić information content (AvgIpc) is 2.67. The number of hydrogen-bond donors (Lipinski definition) is 1. The lowest BCUT2D eigenvalue weighted by molar-refractivity contribution is -0.118. The van der Waals surface area contributed by atoms with Crippen molar-refractivity contribution in [2.45, 2.75) is 10.6 Å². The van der Waals surface area contributed by atoms with E-state index in [2.05, 4.69) is 17.4 Å². The van der Waals surface area contributed by atoms with Crippen LogP contribution in [0.25, 0.3) is 0 Å². The maximum Gasteiger partial charge on any atom is 0.262 e. The van der Waals surface area contributed by atoms with Gasteiger partial charge in [-0.25, -0.2) is 0 Å². The Balaban J connectivity index is 1.46. The summed E-state index contributed by atoms with van der Waals surface area (Å²) in [5.41, 5.74) is 2.06. The van der Waals surface area contributed by atoms with Crippen LogP contribution in [0.4, 0.5) is 5.69 Å². The van der Waals surface area contributed by atoms with E-state index in [1.165, 1.54) is 10.5 Å². The van der Waals surface area contributed by atoms with E-state index in [1.807, 2.05) is 72.8 Å². The zero-order chi connectivity index (χ0) is 17.3. The molecule has 0 radical (unpaired) electrons. The standard InChI is InChI=1S/C21H19NO2S/c23-21(15-24-19-9-5-2-6-10-19)22-18-11-13-20(14-12-18)25-16-17-7-3-1-4-8-17/h1-14H,15-16H2,(H,22,23). The van der Waals surface area contributed by atoms with Gasteiger partial charge < -0.3 is 10.1 Å². The highest BCUT2D eigenvalue weighted by molar-refractivity contribution is 7.98. The van der Waals surface area contributed by atoms with Crippen molar-refractivity contribution < 1.29 is 9.53 Å². The van der Waals surface area contributed by atoms with Crippen molar-refractivity contribution in [3.63, 3.8) is 0 Å². The normalized spacial score (nSPS) is 10.2. The summed E-state index contributed by atoms with van der Waals surface area (Å²) in [5.74, 6) is 1.44. The third-order valence-corrected chi connectivity index (χ3v) is 4.58. The number of carbonyl (C=O) groups excluding carboxylic acids is 1. The van der Waals surface area contributed by atoms with Gasteiger partial charge in [-0.2, -0.15) is 0 Å². The Morgan fingerprint density at radius 3 is 2.16 bits per heavy atom. The van der Waals surface area contributed by atoms with E-state index in [4.69, 9.17) is 4.74 Å². The Bertz CT molecular complexity index is 789. The van der Waals surface area contributed by atoms with Gasteiger partial charge >= 0.3 is 0 Å². The van der Waals surface area contributed by atoms with Gasteiger partial charge in [-0.3, -0.25) is 4.79 Å². The number of benzene rings is 3. The Labute approximate surface area is 152 Å². The lowest BCUT2D eigenvalue weighted by Crippen LogP contribution is -2.20. The number of ether oxygens (including phenoxy) is 1. The fourth-order valence-corrected chi connectivity index (χ4v) is 3.09. The molecule has 1 amide bonds. The molecule has 0 aromatic heterocycles. The SMILES string of the molecule is O=C(COc1ccccc1)Nc1ccc(SCc2ccccc2)cc1. The summed E-state index contributed by atoms with van der Waals surface area (Å²) >= 11 is 1.77. The molecule has 3 aromatic carbocycles. The smallest absolute Gasteiger partial charge is 0.262 e. The number of para-hydroxylation sites is 1. The first-order valence-electron chi connectivity index (χ1n) is 8.04. The van der Waals surface area contributed by atoms with Gasteiger partial charge in [0.2, 0.25) is 0 Å². The molecule has 0 aliphatic heterocycles. The molecule has 0 bridgehead atoms. The van der Waals surface area contributed by atoms with Gasteiger partial charge in [0.25, 0.3) is 5.91 Å². The molecule has 0 atom stereocenters. The van der Waals surface area contributed by atoms with Crippen LogP contribution in [0.3, 0.4) is 0 Å². The molecule has 3 aromatic rings. The van der Waals surface area contributed by atoms with Crippen molar-refractivity contribution in [1.29, 1.82) is 0 Å². The van der Waals surface area contributed by atoms with E-state index in [0.29, 0.717) is 5.75 Å². The van der Waals surface area contributed by atoms with Crippen molar-refractivity contribution >= 4 is 23.4 Å². The Hall–Kier alpha value is -2.72. The van der Waals surface area contributed by atoms with Crippen LogP contribution < -0.4 is 10.1 Å². The van der Waals surface area contributed by atoms with E-state index in [-0.39, 0.29) is 12.5 Å². The molecule has 0 aliphatic carbocycles. The Morgan fingerprint density at radius 2 is 1.48 bits per heavy atom. The third-order valence-electron chi connectivity index (χ3n) is 3.50. The average molecular weight is 349 g/mol. The minimum absolute atomic E-state index is 0.00543. The van der Waals surface area contributed by atoms with Crippen LogP contribution in [-0.4, -0.2) is 12.5 Å². The van der Waals surface area contributed by atoms with Gasteiger partial charge in [-0.15, -0.1) is 11.8 Å². The van der Waals surface area contributed by atoms with Crippen LogP contribution in [0.15, 0.2) is 89.8 Å². The quantitative estimate of drug-likeness (QED) is 0.610. The maximum absolute atomic E-state index is 11.9. The number of amides is 1. The van der Waals surface area contributed by atoms with Gasteiger partial charge in [0.15, 0.2) is 6.61 Å². The Morgan fingerprint density at radius 1 is 0.840 bits per heavy atom. The van der Waals surface area contributed by atoms with E-state index in [9.17, 15) is 4.79 Å². The highest BCUT2D eigenvalue weighted by Gasteiger charge is 2.04. The molecule has 0 spiro atoms. The lowest BCUT2D eigenvalue weighted by atomic mass is 10.2. The minimum Gasteiger partial charge on any atom is -0.484 e. The highest BCUT2D eigenvalue weighted by Crippen LogP contribution is 2.24. The van der Waals surface area contributed by atoms with Crippen LogP contribution >= 0.6 is 11.8 Å². The van der Waals surface area contributed by atoms with Crippen LogP contribution in [0, 0.1) is 0 Å². The van der Waals surface area contributed by atoms with Gasteiger partial charge in [0, 0.05) is 16.3 Å². The fraction of sp³-hybridized carbons (Fsp3) is 0.0952. The second-order valence-electron chi connectivity index (χ2n) is 5.45. The molecule has 0 heterocycles. The molecule has 0 saturated heterocycles. The Kier molecular flexibility index (Phi) is 6.12.